The fraction of sp³-hybridized carbons (Fsp3) is 0.417. The number of hydrogen-bond donors (Lipinski definition) is 2. The van der Waals surface area contributed by atoms with E-state index in [1.807, 2.05) is 37.4 Å². The molecule has 2 N–H and O–H groups in total. The number of guanidine groups is 1. The van der Waals surface area contributed by atoms with Crippen LogP contribution in [-0.4, -0.2) is 44.0 Å². The van der Waals surface area contributed by atoms with Crippen molar-refractivity contribution in [1.82, 2.24) is 15.5 Å². The predicted molar refractivity (Wildman–Crippen MR) is 120 cm³/mol. The second-order valence-electron chi connectivity index (χ2n) is 7.63. The Morgan fingerprint density at radius 3 is 2.40 bits per heavy atom. The minimum atomic E-state index is 0.132. The van der Waals surface area contributed by atoms with Crippen LogP contribution < -0.4 is 15.4 Å². The zero-order chi connectivity index (χ0) is 21.2. The molecule has 160 valence electrons. The van der Waals surface area contributed by atoms with Crippen molar-refractivity contribution in [3.8, 4) is 5.75 Å². The lowest BCUT2D eigenvalue weighted by Gasteiger charge is -2.34. The predicted octanol–water partition coefficient (Wildman–Crippen LogP) is 3.19. The standard InChI is InChI=1S/C24H32N4O2/c1-25-23(29)16-19-12-14-28(15-13-19)24(26-2)27-17-20-8-10-22(11-9-20)30-18-21-6-4-3-5-7-21/h3-11,19H,12-18H2,1-2H3,(H,25,29)(H,26,27). The van der Waals surface area contributed by atoms with Crippen LogP contribution in [0.15, 0.2) is 59.6 Å². The fourth-order valence-electron chi connectivity index (χ4n) is 3.67. The van der Waals surface area contributed by atoms with Gasteiger partial charge in [-0.3, -0.25) is 9.79 Å². The van der Waals surface area contributed by atoms with E-state index in [9.17, 15) is 4.79 Å². The van der Waals surface area contributed by atoms with Crippen LogP contribution in [0.5, 0.6) is 5.75 Å². The quantitative estimate of drug-likeness (QED) is 0.546. The van der Waals surface area contributed by atoms with Crippen LogP contribution in [0.25, 0.3) is 0 Å². The second kappa shape index (κ2) is 11.2. The minimum absolute atomic E-state index is 0.132. The van der Waals surface area contributed by atoms with Crippen LogP contribution in [0.2, 0.25) is 0 Å². The van der Waals surface area contributed by atoms with Gasteiger partial charge in [-0.2, -0.15) is 0 Å². The maximum Gasteiger partial charge on any atom is 0.220 e. The van der Waals surface area contributed by atoms with E-state index in [1.165, 1.54) is 5.56 Å². The largest absolute Gasteiger partial charge is 0.489 e. The average Bonchev–Trinajstić information content (AvgIpc) is 2.80. The summed E-state index contributed by atoms with van der Waals surface area (Å²) in [5.74, 6) is 2.37. The molecular formula is C24H32N4O2. The maximum atomic E-state index is 11.6. The molecule has 0 radical (unpaired) electrons. The summed E-state index contributed by atoms with van der Waals surface area (Å²) in [5.41, 5.74) is 2.34. The van der Waals surface area contributed by atoms with E-state index >= 15 is 0 Å². The molecule has 1 fully saturated rings. The first-order valence-corrected chi connectivity index (χ1v) is 10.6. The Labute approximate surface area is 179 Å². The van der Waals surface area contributed by atoms with E-state index in [2.05, 4.69) is 44.8 Å². The number of likely N-dealkylation sites (tertiary alicyclic amines) is 1. The number of hydrogen-bond acceptors (Lipinski definition) is 3. The van der Waals surface area contributed by atoms with Crippen LogP contribution in [0.3, 0.4) is 0 Å². The van der Waals surface area contributed by atoms with E-state index in [1.54, 1.807) is 7.05 Å². The maximum absolute atomic E-state index is 11.6. The lowest BCUT2D eigenvalue weighted by molar-refractivity contribution is -0.121. The number of benzene rings is 2. The van der Waals surface area contributed by atoms with Gasteiger partial charge in [0.1, 0.15) is 12.4 Å². The molecule has 0 atom stereocenters. The van der Waals surface area contributed by atoms with Gasteiger partial charge in [0.15, 0.2) is 5.96 Å². The van der Waals surface area contributed by atoms with Crippen LogP contribution in [0.1, 0.15) is 30.4 Å². The number of piperidine rings is 1. The van der Waals surface area contributed by atoms with Gasteiger partial charge in [-0.15, -0.1) is 0 Å². The highest BCUT2D eigenvalue weighted by molar-refractivity contribution is 5.80. The van der Waals surface area contributed by atoms with Gasteiger partial charge in [0, 0.05) is 40.2 Å². The fourth-order valence-corrected chi connectivity index (χ4v) is 3.67. The van der Waals surface area contributed by atoms with Gasteiger partial charge in [-0.25, -0.2) is 0 Å². The Kier molecular flexibility index (Phi) is 8.12. The zero-order valence-corrected chi connectivity index (χ0v) is 17.9. The molecule has 0 unspecified atom stereocenters. The topological polar surface area (TPSA) is 66.0 Å². The average molecular weight is 409 g/mol. The van der Waals surface area contributed by atoms with Gasteiger partial charge >= 0.3 is 0 Å². The van der Waals surface area contributed by atoms with Crippen LogP contribution in [0, 0.1) is 5.92 Å². The minimum Gasteiger partial charge on any atom is -0.489 e. The van der Waals surface area contributed by atoms with Crippen LogP contribution >= 0.6 is 0 Å². The summed E-state index contributed by atoms with van der Waals surface area (Å²) in [6, 6.07) is 18.3. The van der Waals surface area contributed by atoms with Gasteiger partial charge in [0.05, 0.1) is 0 Å². The number of nitrogens with one attached hydrogen (secondary N) is 2. The summed E-state index contributed by atoms with van der Waals surface area (Å²) in [5, 5.41) is 6.17. The molecule has 1 saturated heterocycles. The molecule has 1 heterocycles. The summed E-state index contributed by atoms with van der Waals surface area (Å²) in [6.45, 7) is 3.13. The van der Waals surface area contributed by atoms with E-state index in [0.29, 0.717) is 25.5 Å². The molecule has 6 nitrogen and oxygen atoms in total. The van der Waals surface area contributed by atoms with Gasteiger partial charge in [-0.05, 0) is 42.0 Å². The lowest BCUT2D eigenvalue weighted by atomic mass is 9.93. The van der Waals surface area contributed by atoms with Crippen molar-refractivity contribution in [3.63, 3.8) is 0 Å². The number of amides is 1. The van der Waals surface area contributed by atoms with Crippen molar-refractivity contribution in [2.45, 2.75) is 32.4 Å². The van der Waals surface area contributed by atoms with Crippen molar-refractivity contribution in [1.29, 1.82) is 0 Å². The second-order valence-corrected chi connectivity index (χ2v) is 7.63. The van der Waals surface area contributed by atoms with Gasteiger partial charge in [0.25, 0.3) is 0 Å². The van der Waals surface area contributed by atoms with E-state index < -0.39 is 0 Å². The first kappa shape index (κ1) is 21.7. The molecule has 1 aliphatic heterocycles. The number of carbonyl (C=O) groups excluding carboxylic acids is 1. The van der Waals surface area contributed by atoms with E-state index in [4.69, 9.17) is 4.74 Å². The molecular weight excluding hydrogens is 376 g/mol. The Hall–Kier alpha value is -3.02. The molecule has 0 aromatic heterocycles. The monoisotopic (exact) mass is 408 g/mol. The normalized spacial score (nSPS) is 15.0. The molecule has 1 aliphatic rings. The van der Waals surface area contributed by atoms with Crippen molar-refractivity contribution in [3.05, 3.63) is 65.7 Å². The molecule has 0 saturated carbocycles. The molecule has 0 aliphatic carbocycles. The summed E-state index contributed by atoms with van der Waals surface area (Å²) in [7, 11) is 3.52. The van der Waals surface area contributed by atoms with Crippen LogP contribution in [0.4, 0.5) is 0 Å². The Morgan fingerprint density at radius 2 is 1.77 bits per heavy atom. The third-order valence-corrected chi connectivity index (χ3v) is 5.50. The summed E-state index contributed by atoms with van der Waals surface area (Å²) in [4.78, 5) is 18.3. The Balaban J connectivity index is 1.43. The summed E-state index contributed by atoms with van der Waals surface area (Å²) >= 11 is 0. The Morgan fingerprint density at radius 1 is 1.07 bits per heavy atom. The third kappa shape index (κ3) is 6.51. The lowest BCUT2D eigenvalue weighted by Crippen LogP contribution is -2.45. The zero-order valence-electron chi connectivity index (χ0n) is 17.9. The van der Waals surface area contributed by atoms with Crippen molar-refractivity contribution < 1.29 is 9.53 Å². The first-order chi connectivity index (χ1) is 14.7. The number of ether oxygens (including phenoxy) is 1. The number of nitrogens with zero attached hydrogens (tertiary/aromatic N) is 2. The molecule has 2 aromatic carbocycles. The smallest absolute Gasteiger partial charge is 0.220 e. The molecule has 0 bridgehead atoms. The van der Waals surface area contributed by atoms with Gasteiger partial charge in [0.2, 0.25) is 5.91 Å². The van der Waals surface area contributed by atoms with E-state index in [-0.39, 0.29) is 5.91 Å². The van der Waals surface area contributed by atoms with Crippen molar-refractivity contribution in [2.24, 2.45) is 10.9 Å². The highest BCUT2D eigenvalue weighted by atomic mass is 16.5. The Bertz CT molecular complexity index is 813. The van der Waals surface area contributed by atoms with Gasteiger partial charge < -0.3 is 20.3 Å². The number of carbonyl (C=O) groups is 1. The van der Waals surface area contributed by atoms with E-state index in [0.717, 1.165) is 43.2 Å². The first-order valence-electron chi connectivity index (χ1n) is 10.6. The van der Waals surface area contributed by atoms with Crippen LogP contribution in [-0.2, 0) is 17.9 Å². The molecule has 1 amide bonds. The third-order valence-electron chi connectivity index (χ3n) is 5.50. The summed E-state index contributed by atoms with van der Waals surface area (Å²) in [6.07, 6.45) is 2.65. The number of rotatable bonds is 7. The molecule has 30 heavy (non-hydrogen) atoms. The molecule has 3 rings (SSSR count). The highest BCUT2D eigenvalue weighted by Gasteiger charge is 2.22. The molecule has 0 spiro atoms. The highest BCUT2D eigenvalue weighted by Crippen LogP contribution is 2.20. The van der Waals surface area contributed by atoms with Crippen molar-refractivity contribution >= 4 is 11.9 Å². The SMILES string of the molecule is CN=C(NCc1ccc(OCc2ccccc2)cc1)N1CCC(CC(=O)NC)CC1. The summed E-state index contributed by atoms with van der Waals surface area (Å²) < 4.78 is 5.85. The van der Waals surface area contributed by atoms with Gasteiger partial charge in [-0.1, -0.05) is 42.5 Å². The molecule has 6 heteroatoms. The molecule has 2 aromatic rings. The van der Waals surface area contributed by atoms with Crippen molar-refractivity contribution in [2.75, 3.05) is 27.2 Å². The number of aliphatic imine (C=N–C) groups is 1.